The molecule has 3 rings (SSSR count). The smallest absolute Gasteiger partial charge is 0.261 e. The van der Waals surface area contributed by atoms with E-state index >= 15 is 0 Å². The van der Waals surface area contributed by atoms with Crippen LogP contribution in [0.1, 0.15) is 28.8 Å². The van der Waals surface area contributed by atoms with Gasteiger partial charge in [-0.15, -0.1) is 0 Å². The summed E-state index contributed by atoms with van der Waals surface area (Å²) in [6.45, 7) is 0.513. The fourth-order valence-electron chi connectivity index (χ4n) is 2.14. The average molecular weight is 256 g/mol. The first-order chi connectivity index (χ1) is 9.29. The van der Waals surface area contributed by atoms with Gasteiger partial charge in [0, 0.05) is 18.3 Å². The van der Waals surface area contributed by atoms with E-state index in [1.165, 1.54) is 12.5 Å². The Kier molecular flexibility index (Phi) is 3.09. The molecule has 1 saturated carbocycles. The number of rotatable bonds is 4. The van der Waals surface area contributed by atoms with Gasteiger partial charge in [0.25, 0.3) is 5.91 Å². The van der Waals surface area contributed by atoms with E-state index in [2.05, 4.69) is 0 Å². The van der Waals surface area contributed by atoms with Crippen LogP contribution in [-0.4, -0.2) is 11.9 Å². The molecule has 2 N–H and O–H groups in total. The summed E-state index contributed by atoms with van der Waals surface area (Å²) < 4.78 is 4.99. The van der Waals surface area contributed by atoms with Gasteiger partial charge in [0.2, 0.25) is 0 Å². The maximum Gasteiger partial charge on any atom is 0.261 e. The molecule has 1 fully saturated rings. The highest BCUT2D eigenvalue weighted by Gasteiger charge is 2.34. The summed E-state index contributed by atoms with van der Waals surface area (Å²) in [5, 5.41) is 0. The predicted octanol–water partition coefficient (Wildman–Crippen LogP) is 2.55. The monoisotopic (exact) mass is 256 g/mol. The van der Waals surface area contributed by atoms with Gasteiger partial charge in [-0.05, 0) is 36.6 Å². The number of carbonyl (C=O) groups is 1. The van der Waals surface area contributed by atoms with Gasteiger partial charge in [-0.25, -0.2) is 0 Å². The van der Waals surface area contributed by atoms with Crippen LogP contribution in [0.15, 0.2) is 47.3 Å². The minimum absolute atomic E-state index is 0.00301. The molecular weight excluding hydrogens is 240 g/mol. The third-order valence-corrected chi connectivity index (χ3v) is 3.35. The Morgan fingerprint density at radius 3 is 2.53 bits per heavy atom. The SMILES string of the molecule is NCc1ccc(N(C(=O)c2ccoc2)C2CC2)cc1. The molecule has 0 atom stereocenters. The molecule has 1 aliphatic carbocycles. The molecule has 1 amide bonds. The van der Waals surface area contributed by atoms with Crippen molar-refractivity contribution in [3.05, 3.63) is 54.0 Å². The number of anilines is 1. The van der Waals surface area contributed by atoms with Crippen LogP contribution in [0.2, 0.25) is 0 Å². The molecular formula is C15H16N2O2. The zero-order valence-corrected chi connectivity index (χ0v) is 10.6. The van der Waals surface area contributed by atoms with Crippen LogP contribution in [0.4, 0.5) is 5.69 Å². The number of nitrogens with two attached hydrogens (primary N) is 1. The van der Waals surface area contributed by atoms with Crippen LogP contribution in [0.25, 0.3) is 0 Å². The van der Waals surface area contributed by atoms with E-state index in [4.69, 9.17) is 10.2 Å². The highest BCUT2D eigenvalue weighted by Crippen LogP contribution is 2.33. The van der Waals surface area contributed by atoms with Gasteiger partial charge in [0.05, 0.1) is 11.8 Å². The second-order valence-corrected chi connectivity index (χ2v) is 4.79. The minimum Gasteiger partial charge on any atom is -0.472 e. The summed E-state index contributed by atoms with van der Waals surface area (Å²) in [5.41, 5.74) is 8.17. The average Bonchev–Trinajstić information content (AvgIpc) is 3.12. The van der Waals surface area contributed by atoms with Crippen LogP contribution in [-0.2, 0) is 6.54 Å². The van der Waals surface area contributed by atoms with E-state index in [1.54, 1.807) is 6.07 Å². The molecule has 98 valence electrons. The van der Waals surface area contributed by atoms with Gasteiger partial charge in [-0.2, -0.15) is 0 Å². The number of carbonyl (C=O) groups excluding carboxylic acids is 1. The van der Waals surface area contributed by atoms with Crippen molar-refractivity contribution in [2.45, 2.75) is 25.4 Å². The first kappa shape index (κ1) is 12.0. The molecule has 1 heterocycles. The van der Waals surface area contributed by atoms with Crippen molar-refractivity contribution < 1.29 is 9.21 Å². The zero-order valence-electron chi connectivity index (χ0n) is 10.6. The summed E-state index contributed by atoms with van der Waals surface area (Å²) in [6, 6.07) is 9.86. The Morgan fingerprint density at radius 1 is 1.26 bits per heavy atom. The van der Waals surface area contributed by atoms with Gasteiger partial charge < -0.3 is 15.1 Å². The van der Waals surface area contributed by atoms with Crippen molar-refractivity contribution in [3.63, 3.8) is 0 Å². The van der Waals surface area contributed by atoms with Gasteiger partial charge >= 0.3 is 0 Å². The van der Waals surface area contributed by atoms with E-state index in [9.17, 15) is 4.79 Å². The van der Waals surface area contributed by atoms with Crippen LogP contribution >= 0.6 is 0 Å². The molecule has 1 aliphatic rings. The Hall–Kier alpha value is -2.07. The molecule has 0 unspecified atom stereocenters. The molecule has 0 bridgehead atoms. The van der Waals surface area contributed by atoms with E-state index in [0.717, 1.165) is 24.1 Å². The van der Waals surface area contributed by atoms with Crippen molar-refractivity contribution in [1.82, 2.24) is 0 Å². The number of hydrogen-bond acceptors (Lipinski definition) is 3. The topological polar surface area (TPSA) is 59.5 Å². The number of amides is 1. The van der Waals surface area contributed by atoms with E-state index in [0.29, 0.717) is 18.2 Å². The van der Waals surface area contributed by atoms with Crippen LogP contribution in [0.5, 0.6) is 0 Å². The van der Waals surface area contributed by atoms with E-state index < -0.39 is 0 Å². The molecule has 4 heteroatoms. The second kappa shape index (κ2) is 4.90. The molecule has 2 aromatic rings. The van der Waals surface area contributed by atoms with Crippen molar-refractivity contribution in [2.75, 3.05) is 4.90 Å². The Morgan fingerprint density at radius 2 is 2.00 bits per heavy atom. The van der Waals surface area contributed by atoms with Gasteiger partial charge in [-0.1, -0.05) is 12.1 Å². The molecule has 1 aromatic carbocycles. The lowest BCUT2D eigenvalue weighted by molar-refractivity contribution is 0.0984. The normalized spacial score (nSPS) is 14.4. The first-order valence-corrected chi connectivity index (χ1v) is 6.44. The van der Waals surface area contributed by atoms with Crippen LogP contribution in [0, 0.1) is 0 Å². The Labute approximate surface area is 111 Å². The predicted molar refractivity (Wildman–Crippen MR) is 72.9 cm³/mol. The summed E-state index contributed by atoms with van der Waals surface area (Å²) >= 11 is 0. The number of nitrogens with zero attached hydrogens (tertiary/aromatic N) is 1. The maximum absolute atomic E-state index is 12.5. The first-order valence-electron chi connectivity index (χ1n) is 6.44. The second-order valence-electron chi connectivity index (χ2n) is 4.79. The van der Waals surface area contributed by atoms with Crippen LogP contribution in [0.3, 0.4) is 0 Å². The standard InChI is InChI=1S/C15H16N2O2/c16-9-11-1-3-13(4-2-11)17(14-5-6-14)15(18)12-7-8-19-10-12/h1-4,7-8,10,14H,5-6,9,16H2. The van der Waals surface area contributed by atoms with Gasteiger partial charge in [-0.3, -0.25) is 4.79 Å². The number of hydrogen-bond donors (Lipinski definition) is 1. The number of furan rings is 1. The van der Waals surface area contributed by atoms with E-state index in [1.807, 2.05) is 29.2 Å². The molecule has 4 nitrogen and oxygen atoms in total. The summed E-state index contributed by atoms with van der Waals surface area (Å²) in [4.78, 5) is 14.3. The maximum atomic E-state index is 12.5. The molecule has 1 aromatic heterocycles. The van der Waals surface area contributed by atoms with Crippen molar-refractivity contribution in [1.29, 1.82) is 0 Å². The molecule has 0 radical (unpaired) electrons. The largest absolute Gasteiger partial charge is 0.472 e. The Balaban J connectivity index is 1.90. The van der Waals surface area contributed by atoms with Gasteiger partial charge in [0.15, 0.2) is 0 Å². The number of benzene rings is 1. The zero-order chi connectivity index (χ0) is 13.2. The van der Waals surface area contributed by atoms with Crippen molar-refractivity contribution >= 4 is 11.6 Å². The fraction of sp³-hybridized carbons (Fsp3) is 0.267. The van der Waals surface area contributed by atoms with E-state index in [-0.39, 0.29) is 5.91 Å². The Bertz CT molecular complexity index is 556. The fourth-order valence-corrected chi connectivity index (χ4v) is 2.14. The lowest BCUT2D eigenvalue weighted by Crippen LogP contribution is -2.32. The molecule has 0 aliphatic heterocycles. The quantitative estimate of drug-likeness (QED) is 0.914. The van der Waals surface area contributed by atoms with Gasteiger partial charge in [0.1, 0.15) is 6.26 Å². The van der Waals surface area contributed by atoms with Crippen LogP contribution < -0.4 is 10.6 Å². The molecule has 0 saturated heterocycles. The summed E-state index contributed by atoms with van der Waals surface area (Å²) in [5.74, 6) is -0.00301. The molecule has 0 spiro atoms. The lowest BCUT2D eigenvalue weighted by Gasteiger charge is -2.22. The molecule has 19 heavy (non-hydrogen) atoms. The third-order valence-electron chi connectivity index (χ3n) is 3.35. The van der Waals surface area contributed by atoms with Crippen molar-refractivity contribution in [3.8, 4) is 0 Å². The highest BCUT2D eigenvalue weighted by atomic mass is 16.3. The summed E-state index contributed by atoms with van der Waals surface area (Å²) in [7, 11) is 0. The minimum atomic E-state index is -0.00301. The third kappa shape index (κ3) is 2.39. The van der Waals surface area contributed by atoms with Crippen molar-refractivity contribution in [2.24, 2.45) is 5.73 Å². The lowest BCUT2D eigenvalue weighted by atomic mass is 10.1. The summed E-state index contributed by atoms with van der Waals surface area (Å²) in [6.07, 6.45) is 5.13. The highest BCUT2D eigenvalue weighted by molar-refractivity contribution is 6.06.